The third-order valence-corrected chi connectivity index (χ3v) is 4.80. The van der Waals surface area contributed by atoms with Crippen LogP contribution in [-0.2, 0) is 0 Å². The number of piperidine rings is 1. The smallest absolute Gasteiger partial charge is 0.321 e. The van der Waals surface area contributed by atoms with E-state index in [1.165, 1.54) is 5.56 Å². The van der Waals surface area contributed by atoms with Crippen LogP contribution in [0.25, 0.3) is 0 Å². The number of aromatic nitrogens is 2. The van der Waals surface area contributed by atoms with Crippen LogP contribution in [-0.4, -0.2) is 54.4 Å². The third-order valence-electron chi connectivity index (χ3n) is 4.80. The molecule has 1 aromatic carbocycles. The number of hydrogen-bond donors (Lipinski definition) is 1. The molecule has 1 aromatic heterocycles. The van der Waals surface area contributed by atoms with Crippen molar-refractivity contribution in [2.45, 2.75) is 32.8 Å². The highest BCUT2D eigenvalue weighted by Gasteiger charge is 2.25. The number of nitrogens with one attached hydrogen (secondary N) is 1. The van der Waals surface area contributed by atoms with Crippen molar-refractivity contribution < 1.29 is 9.53 Å². The molecule has 0 bridgehead atoms. The Morgan fingerprint density at radius 2 is 2.00 bits per heavy atom. The molecule has 0 radical (unpaired) electrons. The Morgan fingerprint density at radius 3 is 2.67 bits per heavy atom. The van der Waals surface area contributed by atoms with Gasteiger partial charge < -0.3 is 19.9 Å². The Bertz CT molecular complexity index is 791. The monoisotopic (exact) mass is 369 g/mol. The van der Waals surface area contributed by atoms with E-state index in [1.54, 1.807) is 4.90 Å². The topological polar surface area (TPSA) is 70.6 Å². The highest BCUT2D eigenvalue weighted by Crippen LogP contribution is 2.19. The molecule has 1 atom stereocenters. The molecule has 2 amide bonds. The maximum Gasteiger partial charge on any atom is 0.321 e. The standard InChI is InChI=1S/C20H27N5O2/c1-14-7-8-16(12-15(14)2)21-20(26)25-11-5-6-17(13-25)27-19-10-9-18(22-23-19)24(3)4/h7-10,12,17H,5-6,11,13H2,1-4H3,(H,21,26). The highest BCUT2D eigenvalue weighted by atomic mass is 16.5. The number of urea groups is 1. The molecule has 1 N–H and O–H groups in total. The molecule has 1 unspecified atom stereocenters. The second kappa shape index (κ2) is 8.24. The minimum Gasteiger partial charge on any atom is -0.471 e. The van der Waals surface area contributed by atoms with Crippen LogP contribution in [0.2, 0.25) is 0 Å². The molecule has 1 aliphatic heterocycles. The van der Waals surface area contributed by atoms with Crippen molar-refractivity contribution in [2.24, 2.45) is 0 Å². The van der Waals surface area contributed by atoms with E-state index in [1.807, 2.05) is 56.3 Å². The SMILES string of the molecule is Cc1ccc(NC(=O)N2CCCC(Oc3ccc(N(C)C)nn3)C2)cc1C. The fourth-order valence-corrected chi connectivity index (χ4v) is 3.03. The number of rotatable bonds is 4. The van der Waals surface area contributed by atoms with E-state index < -0.39 is 0 Å². The van der Waals surface area contributed by atoms with E-state index in [2.05, 4.69) is 22.4 Å². The predicted octanol–water partition coefficient (Wildman–Crippen LogP) is 3.23. The molecular formula is C20H27N5O2. The second-order valence-electron chi connectivity index (χ2n) is 7.18. The molecule has 3 rings (SSSR count). The number of carbonyl (C=O) groups is 1. The first-order valence-corrected chi connectivity index (χ1v) is 9.23. The number of anilines is 2. The zero-order chi connectivity index (χ0) is 19.4. The summed E-state index contributed by atoms with van der Waals surface area (Å²) in [6.07, 6.45) is 1.71. The number of hydrogen-bond acceptors (Lipinski definition) is 5. The van der Waals surface area contributed by atoms with Crippen LogP contribution in [0.15, 0.2) is 30.3 Å². The normalized spacial score (nSPS) is 16.7. The van der Waals surface area contributed by atoms with Gasteiger partial charge in [-0.3, -0.25) is 0 Å². The van der Waals surface area contributed by atoms with Crippen molar-refractivity contribution in [2.75, 3.05) is 37.4 Å². The summed E-state index contributed by atoms with van der Waals surface area (Å²) in [5, 5.41) is 11.2. The Morgan fingerprint density at radius 1 is 1.19 bits per heavy atom. The van der Waals surface area contributed by atoms with Gasteiger partial charge in [0.1, 0.15) is 6.10 Å². The van der Waals surface area contributed by atoms with Crippen molar-refractivity contribution in [1.82, 2.24) is 15.1 Å². The molecule has 0 aliphatic carbocycles. The van der Waals surface area contributed by atoms with Gasteiger partial charge >= 0.3 is 6.03 Å². The van der Waals surface area contributed by atoms with Crippen LogP contribution in [0.5, 0.6) is 5.88 Å². The van der Waals surface area contributed by atoms with Crippen molar-refractivity contribution in [3.05, 3.63) is 41.5 Å². The quantitative estimate of drug-likeness (QED) is 0.896. The third kappa shape index (κ3) is 4.87. The van der Waals surface area contributed by atoms with Gasteiger partial charge in [0.2, 0.25) is 5.88 Å². The van der Waals surface area contributed by atoms with Crippen molar-refractivity contribution in [1.29, 1.82) is 0 Å². The number of aryl methyl sites for hydroxylation is 2. The first-order valence-electron chi connectivity index (χ1n) is 9.23. The average Bonchev–Trinajstić information content (AvgIpc) is 2.65. The van der Waals surface area contributed by atoms with Gasteiger partial charge in [-0.05, 0) is 56.0 Å². The number of ether oxygens (including phenoxy) is 1. The molecule has 7 heteroatoms. The maximum atomic E-state index is 12.6. The highest BCUT2D eigenvalue weighted by molar-refractivity contribution is 5.89. The molecule has 0 saturated carbocycles. The zero-order valence-corrected chi connectivity index (χ0v) is 16.4. The van der Waals surface area contributed by atoms with E-state index in [9.17, 15) is 4.79 Å². The average molecular weight is 369 g/mol. The fraction of sp³-hybridized carbons (Fsp3) is 0.450. The van der Waals surface area contributed by atoms with Gasteiger partial charge in [0.15, 0.2) is 5.82 Å². The second-order valence-corrected chi connectivity index (χ2v) is 7.18. The fourth-order valence-electron chi connectivity index (χ4n) is 3.03. The van der Waals surface area contributed by atoms with Crippen molar-refractivity contribution in [3.63, 3.8) is 0 Å². The summed E-state index contributed by atoms with van der Waals surface area (Å²) < 4.78 is 5.94. The van der Waals surface area contributed by atoms with Gasteiger partial charge in [-0.2, -0.15) is 0 Å². The predicted molar refractivity (Wildman–Crippen MR) is 107 cm³/mol. The summed E-state index contributed by atoms with van der Waals surface area (Å²) in [4.78, 5) is 16.3. The largest absolute Gasteiger partial charge is 0.471 e. The minimum atomic E-state index is -0.0967. The van der Waals surface area contributed by atoms with Crippen molar-refractivity contribution in [3.8, 4) is 5.88 Å². The van der Waals surface area contributed by atoms with E-state index in [-0.39, 0.29) is 12.1 Å². The van der Waals surface area contributed by atoms with Gasteiger partial charge in [0.25, 0.3) is 0 Å². The number of benzene rings is 1. The molecule has 2 heterocycles. The number of likely N-dealkylation sites (tertiary alicyclic amines) is 1. The lowest BCUT2D eigenvalue weighted by atomic mass is 10.1. The van der Waals surface area contributed by atoms with Gasteiger partial charge in [-0.15, -0.1) is 10.2 Å². The lowest BCUT2D eigenvalue weighted by Gasteiger charge is -2.32. The molecule has 1 saturated heterocycles. The van der Waals surface area contributed by atoms with Crippen LogP contribution < -0.4 is 15.0 Å². The van der Waals surface area contributed by atoms with Crippen LogP contribution in [0.1, 0.15) is 24.0 Å². The summed E-state index contributed by atoms with van der Waals surface area (Å²) >= 11 is 0. The number of carbonyl (C=O) groups excluding carboxylic acids is 1. The van der Waals surface area contributed by atoms with Crippen LogP contribution >= 0.6 is 0 Å². The number of nitrogens with zero attached hydrogens (tertiary/aromatic N) is 4. The lowest BCUT2D eigenvalue weighted by molar-refractivity contribution is 0.102. The maximum absolute atomic E-state index is 12.6. The van der Waals surface area contributed by atoms with Crippen LogP contribution in [0.3, 0.4) is 0 Å². The van der Waals surface area contributed by atoms with E-state index in [0.29, 0.717) is 12.4 Å². The van der Waals surface area contributed by atoms with E-state index >= 15 is 0 Å². The van der Waals surface area contributed by atoms with Gasteiger partial charge in [0.05, 0.1) is 6.54 Å². The Hall–Kier alpha value is -2.83. The van der Waals surface area contributed by atoms with Gasteiger partial charge in [0, 0.05) is 32.4 Å². The van der Waals surface area contributed by atoms with Gasteiger partial charge in [-0.25, -0.2) is 4.79 Å². The molecule has 144 valence electrons. The van der Waals surface area contributed by atoms with Crippen molar-refractivity contribution >= 4 is 17.5 Å². The first kappa shape index (κ1) is 18.9. The molecule has 2 aromatic rings. The molecule has 7 nitrogen and oxygen atoms in total. The molecular weight excluding hydrogens is 342 g/mol. The number of amides is 2. The summed E-state index contributed by atoms with van der Waals surface area (Å²) in [6.45, 7) is 5.36. The summed E-state index contributed by atoms with van der Waals surface area (Å²) in [5.74, 6) is 1.27. The Balaban J connectivity index is 1.58. The van der Waals surface area contributed by atoms with Gasteiger partial charge in [-0.1, -0.05) is 6.07 Å². The molecule has 1 aliphatic rings. The lowest BCUT2D eigenvalue weighted by Crippen LogP contribution is -2.46. The molecule has 0 spiro atoms. The first-order chi connectivity index (χ1) is 12.9. The molecule has 27 heavy (non-hydrogen) atoms. The van der Waals surface area contributed by atoms with Crippen LogP contribution in [0.4, 0.5) is 16.3 Å². The Labute approximate surface area is 160 Å². The minimum absolute atomic E-state index is 0.0799. The Kier molecular flexibility index (Phi) is 5.78. The summed E-state index contributed by atoms with van der Waals surface area (Å²) in [7, 11) is 3.83. The van der Waals surface area contributed by atoms with E-state index in [0.717, 1.165) is 36.5 Å². The van der Waals surface area contributed by atoms with Crippen LogP contribution in [0, 0.1) is 13.8 Å². The zero-order valence-electron chi connectivity index (χ0n) is 16.4. The molecule has 1 fully saturated rings. The summed E-state index contributed by atoms with van der Waals surface area (Å²) in [5.41, 5.74) is 3.18. The van der Waals surface area contributed by atoms with E-state index in [4.69, 9.17) is 4.74 Å². The summed E-state index contributed by atoms with van der Waals surface area (Å²) in [6, 6.07) is 9.53.